The van der Waals surface area contributed by atoms with E-state index >= 15 is 0 Å². The fourth-order valence-corrected chi connectivity index (χ4v) is 4.37. The Morgan fingerprint density at radius 2 is 1.93 bits per heavy atom. The molecule has 0 bridgehead atoms. The van der Waals surface area contributed by atoms with Gasteiger partial charge in [-0.05, 0) is 56.4 Å². The maximum absolute atomic E-state index is 13.4. The lowest BCUT2D eigenvalue weighted by Gasteiger charge is -2.37. The standard InChI is InChI=1S/C22H25N5OS/c1-13-5-10-18(14(2)11-13)26-21(28)19-15(3)25-22-23-12-24-27(22)20(19)16-6-8-17(29-4)9-7-16/h5-12,15,19-20H,1-4H3,(H,26,28)(H,23,24,25)/t15-,19-,20-/m1/s1. The quantitative estimate of drug-likeness (QED) is 0.632. The summed E-state index contributed by atoms with van der Waals surface area (Å²) in [6.07, 6.45) is 3.58. The monoisotopic (exact) mass is 407 g/mol. The molecule has 1 amide bonds. The number of rotatable bonds is 4. The Morgan fingerprint density at radius 1 is 1.17 bits per heavy atom. The zero-order valence-corrected chi connectivity index (χ0v) is 17.8. The molecule has 0 saturated heterocycles. The topological polar surface area (TPSA) is 71.8 Å². The Labute approximate surface area is 175 Å². The minimum Gasteiger partial charge on any atom is -0.351 e. The number of amides is 1. The molecule has 2 aromatic carbocycles. The zero-order chi connectivity index (χ0) is 20.5. The van der Waals surface area contributed by atoms with E-state index in [1.807, 2.05) is 37.6 Å². The average Bonchev–Trinajstić information content (AvgIpc) is 3.17. The van der Waals surface area contributed by atoms with E-state index in [-0.39, 0.29) is 23.9 Å². The molecule has 3 aromatic rings. The van der Waals surface area contributed by atoms with Gasteiger partial charge in [0.1, 0.15) is 6.33 Å². The van der Waals surface area contributed by atoms with Crippen LogP contribution in [0.4, 0.5) is 11.6 Å². The van der Waals surface area contributed by atoms with Gasteiger partial charge in [-0.1, -0.05) is 29.8 Å². The Hall–Kier alpha value is -2.80. The van der Waals surface area contributed by atoms with Crippen LogP contribution in [-0.4, -0.2) is 33.0 Å². The Bertz CT molecular complexity index is 1030. The van der Waals surface area contributed by atoms with Gasteiger partial charge in [0.15, 0.2) is 0 Å². The summed E-state index contributed by atoms with van der Waals surface area (Å²) in [4.78, 5) is 18.9. The Morgan fingerprint density at radius 3 is 2.62 bits per heavy atom. The summed E-state index contributed by atoms with van der Waals surface area (Å²) >= 11 is 1.70. The molecule has 6 nitrogen and oxygen atoms in total. The third kappa shape index (κ3) is 3.74. The van der Waals surface area contributed by atoms with Gasteiger partial charge in [-0.15, -0.1) is 11.8 Å². The van der Waals surface area contributed by atoms with Gasteiger partial charge in [0.05, 0.1) is 12.0 Å². The highest BCUT2D eigenvalue weighted by molar-refractivity contribution is 7.98. The van der Waals surface area contributed by atoms with Crippen LogP contribution in [0.25, 0.3) is 0 Å². The first kappa shape index (κ1) is 19.5. The average molecular weight is 408 g/mol. The number of benzene rings is 2. The van der Waals surface area contributed by atoms with Gasteiger partial charge < -0.3 is 10.6 Å². The summed E-state index contributed by atoms with van der Waals surface area (Å²) < 4.78 is 1.82. The van der Waals surface area contributed by atoms with Crippen molar-refractivity contribution in [1.82, 2.24) is 14.8 Å². The number of aryl methyl sites for hydroxylation is 2. The SMILES string of the molecule is CSc1ccc([C@@H]2[C@H](C(=O)Nc3ccc(C)cc3C)[C@@H](C)Nc3ncnn32)cc1. The predicted molar refractivity (Wildman–Crippen MR) is 118 cm³/mol. The smallest absolute Gasteiger partial charge is 0.232 e. The molecule has 0 saturated carbocycles. The normalized spacial score (nSPS) is 20.6. The number of carbonyl (C=O) groups is 1. The van der Waals surface area contributed by atoms with Crippen molar-refractivity contribution in [3.63, 3.8) is 0 Å². The maximum atomic E-state index is 13.4. The molecule has 0 aliphatic carbocycles. The van der Waals surface area contributed by atoms with Gasteiger partial charge in [0.25, 0.3) is 0 Å². The van der Waals surface area contributed by atoms with Gasteiger partial charge in [0.2, 0.25) is 11.9 Å². The summed E-state index contributed by atoms with van der Waals surface area (Å²) in [5.41, 5.74) is 4.11. The number of carbonyl (C=O) groups excluding carboxylic acids is 1. The first-order valence-electron chi connectivity index (χ1n) is 9.66. The summed E-state index contributed by atoms with van der Waals surface area (Å²) in [5.74, 6) is 0.314. The fraction of sp³-hybridized carbons (Fsp3) is 0.318. The number of hydrogen-bond donors (Lipinski definition) is 2. The van der Waals surface area contributed by atoms with E-state index in [9.17, 15) is 4.79 Å². The molecule has 4 rings (SSSR count). The first-order valence-corrected chi connectivity index (χ1v) is 10.9. The predicted octanol–water partition coefficient (Wildman–Crippen LogP) is 4.28. The van der Waals surface area contributed by atoms with Crippen molar-refractivity contribution < 1.29 is 4.79 Å². The highest BCUT2D eigenvalue weighted by Gasteiger charge is 2.41. The lowest BCUT2D eigenvalue weighted by atomic mass is 9.85. The van der Waals surface area contributed by atoms with Crippen LogP contribution in [0.3, 0.4) is 0 Å². The molecule has 1 aromatic heterocycles. The summed E-state index contributed by atoms with van der Waals surface area (Å²) in [6.45, 7) is 6.08. The Balaban J connectivity index is 1.71. The number of thioether (sulfide) groups is 1. The molecule has 7 heteroatoms. The van der Waals surface area contributed by atoms with Crippen molar-refractivity contribution in [1.29, 1.82) is 0 Å². The maximum Gasteiger partial charge on any atom is 0.232 e. The largest absolute Gasteiger partial charge is 0.351 e. The molecular formula is C22H25N5OS. The zero-order valence-electron chi connectivity index (χ0n) is 17.0. The van der Waals surface area contributed by atoms with Crippen molar-refractivity contribution in [2.24, 2.45) is 5.92 Å². The molecular weight excluding hydrogens is 382 g/mol. The highest BCUT2D eigenvalue weighted by atomic mass is 32.2. The van der Waals surface area contributed by atoms with Crippen LogP contribution in [0.5, 0.6) is 0 Å². The van der Waals surface area contributed by atoms with Crippen molar-refractivity contribution in [2.45, 2.75) is 37.8 Å². The number of anilines is 2. The van der Waals surface area contributed by atoms with Crippen LogP contribution < -0.4 is 10.6 Å². The number of hydrogen-bond acceptors (Lipinski definition) is 5. The van der Waals surface area contributed by atoms with E-state index in [1.165, 1.54) is 16.8 Å². The highest BCUT2D eigenvalue weighted by Crippen LogP contribution is 2.37. The second-order valence-corrected chi connectivity index (χ2v) is 8.39. The van der Waals surface area contributed by atoms with Gasteiger partial charge in [0, 0.05) is 16.6 Å². The molecule has 1 aliphatic rings. The molecule has 2 heterocycles. The van der Waals surface area contributed by atoms with Crippen molar-refractivity contribution >= 4 is 29.3 Å². The molecule has 0 fully saturated rings. The van der Waals surface area contributed by atoms with Crippen molar-refractivity contribution in [2.75, 3.05) is 16.9 Å². The van der Waals surface area contributed by atoms with Gasteiger partial charge >= 0.3 is 0 Å². The lowest BCUT2D eigenvalue weighted by molar-refractivity contribution is -0.121. The number of aromatic nitrogens is 3. The van der Waals surface area contributed by atoms with Crippen LogP contribution in [0.1, 0.15) is 29.7 Å². The summed E-state index contributed by atoms with van der Waals surface area (Å²) in [7, 11) is 0. The second-order valence-electron chi connectivity index (χ2n) is 7.51. The minimum atomic E-state index is -0.343. The van der Waals surface area contributed by atoms with Gasteiger partial charge in [-0.25, -0.2) is 4.68 Å². The number of fused-ring (bicyclic) bond motifs is 1. The number of nitrogens with zero attached hydrogens (tertiary/aromatic N) is 3. The molecule has 2 N–H and O–H groups in total. The molecule has 0 spiro atoms. The van der Waals surface area contributed by atoms with E-state index in [2.05, 4.69) is 57.3 Å². The third-order valence-electron chi connectivity index (χ3n) is 5.47. The first-order chi connectivity index (χ1) is 14.0. The van der Waals surface area contributed by atoms with Crippen molar-refractivity contribution in [3.05, 3.63) is 65.5 Å². The molecule has 29 heavy (non-hydrogen) atoms. The van der Waals surface area contributed by atoms with E-state index in [1.54, 1.807) is 11.8 Å². The lowest BCUT2D eigenvalue weighted by Crippen LogP contribution is -2.46. The van der Waals surface area contributed by atoms with Crippen LogP contribution >= 0.6 is 11.8 Å². The van der Waals surface area contributed by atoms with Gasteiger partial charge in [-0.2, -0.15) is 10.1 Å². The third-order valence-corrected chi connectivity index (χ3v) is 6.22. The van der Waals surface area contributed by atoms with Crippen LogP contribution in [0.2, 0.25) is 0 Å². The van der Waals surface area contributed by atoms with Crippen LogP contribution in [0, 0.1) is 19.8 Å². The van der Waals surface area contributed by atoms with E-state index in [4.69, 9.17) is 0 Å². The van der Waals surface area contributed by atoms with E-state index < -0.39 is 0 Å². The van der Waals surface area contributed by atoms with Crippen molar-refractivity contribution in [3.8, 4) is 0 Å². The van der Waals surface area contributed by atoms with E-state index in [0.29, 0.717) is 5.95 Å². The van der Waals surface area contributed by atoms with E-state index in [0.717, 1.165) is 16.8 Å². The minimum absolute atomic E-state index is 0.0305. The summed E-state index contributed by atoms with van der Waals surface area (Å²) in [6, 6.07) is 14.1. The van der Waals surface area contributed by atoms with Gasteiger partial charge in [-0.3, -0.25) is 4.79 Å². The second kappa shape index (κ2) is 7.91. The number of nitrogens with one attached hydrogen (secondary N) is 2. The molecule has 0 radical (unpaired) electrons. The molecule has 1 aliphatic heterocycles. The fourth-order valence-electron chi connectivity index (χ4n) is 3.97. The van der Waals surface area contributed by atoms with Crippen LogP contribution in [0.15, 0.2) is 53.7 Å². The molecule has 3 atom stereocenters. The van der Waals surface area contributed by atoms with Crippen LogP contribution in [-0.2, 0) is 4.79 Å². The summed E-state index contributed by atoms with van der Waals surface area (Å²) in [5, 5.41) is 10.9. The molecule has 0 unspecified atom stereocenters. The molecule has 150 valence electrons. The Kier molecular flexibility index (Phi) is 5.32.